The molecule has 0 bridgehead atoms. The number of amides is 1. The Hall–Kier alpha value is -1.10. The molecule has 1 amide bonds. The van der Waals surface area contributed by atoms with E-state index in [1.165, 1.54) is 0 Å². The number of nitrogens with two attached hydrogens (primary N) is 1. The fourth-order valence-electron chi connectivity index (χ4n) is 2.44. The second-order valence-corrected chi connectivity index (χ2v) is 6.78. The molecule has 3 N–H and O–H groups in total. The van der Waals surface area contributed by atoms with Gasteiger partial charge >= 0.3 is 0 Å². The van der Waals surface area contributed by atoms with Crippen molar-refractivity contribution < 1.29 is 9.53 Å². The van der Waals surface area contributed by atoms with Crippen molar-refractivity contribution in [2.45, 2.75) is 37.6 Å². The summed E-state index contributed by atoms with van der Waals surface area (Å²) >= 11 is 5.91. The molecule has 0 saturated carbocycles. The van der Waals surface area contributed by atoms with Gasteiger partial charge in [0.25, 0.3) is 0 Å². The third kappa shape index (κ3) is 3.96. The number of carbonyl (C=O) groups is 1. The van der Waals surface area contributed by atoms with Gasteiger partial charge in [-0.1, -0.05) is 37.6 Å². The minimum Gasteiger partial charge on any atom is -0.381 e. The van der Waals surface area contributed by atoms with Crippen molar-refractivity contribution >= 4 is 17.5 Å². The molecule has 0 radical (unpaired) electrons. The number of carbonyl (C=O) groups excluding carboxylic acids is 1. The molecule has 4 nitrogen and oxygen atoms in total. The number of hydrogen-bond donors (Lipinski definition) is 2. The largest absolute Gasteiger partial charge is 0.381 e. The molecule has 1 fully saturated rings. The van der Waals surface area contributed by atoms with E-state index < -0.39 is 5.54 Å². The first-order chi connectivity index (χ1) is 9.83. The van der Waals surface area contributed by atoms with Gasteiger partial charge in [-0.2, -0.15) is 0 Å². The van der Waals surface area contributed by atoms with Crippen LogP contribution in [0.2, 0.25) is 5.02 Å². The number of ether oxygens (including phenoxy) is 1. The Bertz CT molecular complexity index is 494. The molecule has 5 heteroatoms. The summed E-state index contributed by atoms with van der Waals surface area (Å²) in [5, 5.41) is 3.70. The summed E-state index contributed by atoms with van der Waals surface area (Å²) in [4.78, 5) is 12.3. The van der Waals surface area contributed by atoms with Crippen LogP contribution in [0.1, 0.15) is 32.3 Å². The zero-order valence-electron chi connectivity index (χ0n) is 12.6. The Balaban J connectivity index is 1.97. The zero-order chi connectivity index (χ0) is 15.5. The Morgan fingerprint density at radius 2 is 1.90 bits per heavy atom. The Morgan fingerprint density at radius 3 is 2.48 bits per heavy atom. The average molecular weight is 311 g/mol. The second kappa shape index (κ2) is 6.34. The molecule has 0 unspecified atom stereocenters. The van der Waals surface area contributed by atoms with Crippen molar-refractivity contribution in [2.75, 3.05) is 19.8 Å². The predicted molar refractivity (Wildman–Crippen MR) is 84.5 cm³/mol. The molecular weight excluding hydrogens is 288 g/mol. The quantitative estimate of drug-likeness (QED) is 0.896. The molecule has 1 aromatic rings. The summed E-state index contributed by atoms with van der Waals surface area (Å²) in [5.41, 5.74) is 6.33. The van der Waals surface area contributed by atoms with Crippen LogP contribution in [0, 0.1) is 0 Å². The van der Waals surface area contributed by atoms with E-state index in [9.17, 15) is 4.79 Å². The summed E-state index contributed by atoms with van der Waals surface area (Å²) in [6, 6.07) is 7.70. The summed E-state index contributed by atoms with van der Waals surface area (Å²) in [6.07, 6.45) is 1.14. The predicted octanol–water partition coefficient (Wildman–Crippen LogP) is 2.24. The normalized spacial score (nSPS) is 18.3. The van der Waals surface area contributed by atoms with E-state index in [0.29, 0.717) is 37.6 Å². The fraction of sp³-hybridized carbons (Fsp3) is 0.562. The molecule has 1 heterocycles. The highest BCUT2D eigenvalue weighted by molar-refractivity contribution is 6.30. The van der Waals surface area contributed by atoms with Crippen LogP contribution in [-0.4, -0.2) is 31.2 Å². The van der Waals surface area contributed by atoms with Gasteiger partial charge in [0, 0.05) is 30.2 Å². The molecule has 0 spiro atoms. The Labute approximate surface area is 131 Å². The van der Waals surface area contributed by atoms with Gasteiger partial charge in [0.1, 0.15) is 0 Å². The monoisotopic (exact) mass is 310 g/mol. The number of nitrogens with one attached hydrogen (secondary N) is 1. The minimum atomic E-state index is -0.797. The van der Waals surface area contributed by atoms with Gasteiger partial charge in [0.05, 0.1) is 5.54 Å². The highest BCUT2D eigenvalue weighted by Crippen LogP contribution is 2.24. The van der Waals surface area contributed by atoms with E-state index in [-0.39, 0.29) is 11.3 Å². The molecule has 1 aliphatic heterocycles. The van der Waals surface area contributed by atoms with E-state index in [4.69, 9.17) is 22.1 Å². The maximum absolute atomic E-state index is 12.3. The summed E-state index contributed by atoms with van der Waals surface area (Å²) in [5.74, 6) is -0.0900. The summed E-state index contributed by atoms with van der Waals surface area (Å²) in [6.45, 7) is 5.80. The summed E-state index contributed by atoms with van der Waals surface area (Å²) < 4.78 is 5.27. The molecule has 1 aromatic carbocycles. The van der Waals surface area contributed by atoms with Crippen LogP contribution < -0.4 is 11.1 Å². The smallest absolute Gasteiger partial charge is 0.240 e. The van der Waals surface area contributed by atoms with Crippen LogP contribution in [0.15, 0.2) is 24.3 Å². The van der Waals surface area contributed by atoms with Crippen molar-refractivity contribution in [2.24, 2.45) is 5.73 Å². The lowest BCUT2D eigenvalue weighted by Crippen LogP contribution is -2.58. The van der Waals surface area contributed by atoms with Crippen LogP contribution in [0.3, 0.4) is 0 Å². The van der Waals surface area contributed by atoms with Gasteiger partial charge in [-0.15, -0.1) is 0 Å². The lowest BCUT2D eigenvalue weighted by Gasteiger charge is -2.34. The minimum absolute atomic E-state index is 0.0900. The fourth-order valence-corrected chi connectivity index (χ4v) is 2.57. The molecule has 2 rings (SSSR count). The first kappa shape index (κ1) is 16.3. The van der Waals surface area contributed by atoms with Crippen molar-refractivity contribution in [3.05, 3.63) is 34.9 Å². The maximum atomic E-state index is 12.3. The Kier molecular flexibility index (Phi) is 4.91. The van der Waals surface area contributed by atoms with Crippen molar-refractivity contribution in [1.29, 1.82) is 0 Å². The second-order valence-electron chi connectivity index (χ2n) is 6.34. The first-order valence-corrected chi connectivity index (χ1v) is 7.62. The van der Waals surface area contributed by atoms with E-state index >= 15 is 0 Å². The van der Waals surface area contributed by atoms with Gasteiger partial charge in [-0.3, -0.25) is 4.79 Å². The standard InChI is InChI=1S/C16H23ClN2O2/c1-15(2,12-3-5-13(17)6-4-12)11-19-14(20)16(18)7-9-21-10-8-16/h3-6H,7-11,18H2,1-2H3,(H,19,20). The van der Waals surface area contributed by atoms with Crippen LogP contribution in [0.5, 0.6) is 0 Å². The highest BCUT2D eigenvalue weighted by atomic mass is 35.5. The highest BCUT2D eigenvalue weighted by Gasteiger charge is 2.36. The van der Waals surface area contributed by atoms with Gasteiger partial charge < -0.3 is 15.8 Å². The van der Waals surface area contributed by atoms with Gasteiger partial charge in [-0.25, -0.2) is 0 Å². The summed E-state index contributed by atoms with van der Waals surface area (Å²) in [7, 11) is 0. The molecule has 21 heavy (non-hydrogen) atoms. The number of rotatable bonds is 4. The van der Waals surface area contributed by atoms with E-state index in [1.54, 1.807) is 0 Å². The lowest BCUT2D eigenvalue weighted by molar-refractivity contribution is -0.130. The SMILES string of the molecule is CC(C)(CNC(=O)C1(N)CCOCC1)c1ccc(Cl)cc1. The topological polar surface area (TPSA) is 64.4 Å². The molecule has 0 aromatic heterocycles. The van der Waals surface area contributed by atoms with Crippen LogP contribution >= 0.6 is 11.6 Å². The molecule has 116 valence electrons. The maximum Gasteiger partial charge on any atom is 0.240 e. The first-order valence-electron chi connectivity index (χ1n) is 7.24. The van der Waals surface area contributed by atoms with E-state index in [1.807, 2.05) is 24.3 Å². The molecule has 1 aliphatic rings. The zero-order valence-corrected chi connectivity index (χ0v) is 13.4. The third-order valence-electron chi connectivity index (χ3n) is 4.15. The molecular formula is C16H23ClN2O2. The van der Waals surface area contributed by atoms with Crippen molar-refractivity contribution in [3.63, 3.8) is 0 Å². The third-order valence-corrected chi connectivity index (χ3v) is 4.41. The van der Waals surface area contributed by atoms with Crippen molar-refractivity contribution in [3.8, 4) is 0 Å². The van der Waals surface area contributed by atoms with E-state index in [2.05, 4.69) is 19.2 Å². The van der Waals surface area contributed by atoms with Crippen LogP contribution in [0.4, 0.5) is 0 Å². The molecule has 0 atom stereocenters. The Morgan fingerprint density at radius 1 is 1.33 bits per heavy atom. The van der Waals surface area contributed by atoms with Gasteiger partial charge in [0.15, 0.2) is 0 Å². The number of benzene rings is 1. The van der Waals surface area contributed by atoms with Crippen molar-refractivity contribution in [1.82, 2.24) is 5.32 Å². The van der Waals surface area contributed by atoms with E-state index in [0.717, 1.165) is 5.56 Å². The molecule has 1 saturated heterocycles. The van der Waals surface area contributed by atoms with Crippen LogP contribution in [-0.2, 0) is 14.9 Å². The number of halogens is 1. The average Bonchev–Trinajstić information content (AvgIpc) is 2.46. The van der Waals surface area contributed by atoms with Gasteiger partial charge in [0.2, 0.25) is 5.91 Å². The lowest BCUT2D eigenvalue weighted by atomic mass is 9.84. The number of hydrogen-bond acceptors (Lipinski definition) is 3. The molecule has 0 aliphatic carbocycles. The van der Waals surface area contributed by atoms with Gasteiger partial charge in [-0.05, 0) is 30.5 Å². The van der Waals surface area contributed by atoms with Crippen LogP contribution in [0.25, 0.3) is 0 Å².